The third-order valence-corrected chi connectivity index (χ3v) is 4.90. The van der Waals surface area contributed by atoms with Crippen LogP contribution in [0.4, 0.5) is 11.5 Å². The van der Waals surface area contributed by atoms with Gasteiger partial charge in [-0.3, -0.25) is 0 Å². The lowest BCUT2D eigenvalue weighted by molar-refractivity contribution is 0.361. The molecule has 1 aliphatic carbocycles. The smallest absolute Gasteiger partial charge is 0.140 e. The molecule has 0 radical (unpaired) electrons. The Kier molecular flexibility index (Phi) is 2.76. The normalized spacial score (nSPS) is 25.9. The van der Waals surface area contributed by atoms with Gasteiger partial charge in [-0.2, -0.15) is 0 Å². The summed E-state index contributed by atoms with van der Waals surface area (Å²) in [5, 5.41) is 1.13. The molecule has 1 saturated heterocycles. The SMILES string of the molecule is Nc1ccc2c(N3CCCC4CCCC43)ncnc2c1. The predicted octanol–water partition coefficient (Wildman–Crippen LogP) is 2.98. The highest BCUT2D eigenvalue weighted by Gasteiger charge is 2.36. The molecule has 4 heteroatoms. The highest BCUT2D eigenvalue weighted by Crippen LogP contribution is 2.40. The van der Waals surface area contributed by atoms with Crippen LogP contribution in [-0.4, -0.2) is 22.6 Å². The fraction of sp³-hybridized carbons (Fsp3) is 0.500. The van der Waals surface area contributed by atoms with Crippen LogP contribution in [0.2, 0.25) is 0 Å². The van der Waals surface area contributed by atoms with E-state index in [1.54, 1.807) is 6.33 Å². The summed E-state index contributed by atoms with van der Waals surface area (Å²) in [7, 11) is 0. The van der Waals surface area contributed by atoms with Crippen molar-refractivity contribution in [3.63, 3.8) is 0 Å². The van der Waals surface area contributed by atoms with Gasteiger partial charge < -0.3 is 10.6 Å². The topological polar surface area (TPSA) is 55.0 Å². The summed E-state index contributed by atoms with van der Waals surface area (Å²) in [5.41, 5.74) is 7.58. The number of nitrogens with two attached hydrogens (primary N) is 1. The Hall–Kier alpha value is -1.84. The number of hydrogen-bond acceptors (Lipinski definition) is 4. The highest BCUT2D eigenvalue weighted by atomic mass is 15.2. The van der Waals surface area contributed by atoms with Crippen LogP contribution < -0.4 is 10.6 Å². The summed E-state index contributed by atoms with van der Waals surface area (Å²) in [4.78, 5) is 11.5. The van der Waals surface area contributed by atoms with E-state index in [4.69, 9.17) is 5.73 Å². The first kappa shape index (κ1) is 11.9. The van der Waals surface area contributed by atoms with Gasteiger partial charge in [0.1, 0.15) is 12.1 Å². The first-order chi connectivity index (χ1) is 9.83. The van der Waals surface area contributed by atoms with Crippen molar-refractivity contribution < 1.29 is 0 Å². The van der Waals surface area contributed by atoms with Gasteiger partial charge in [0.05, 0.1) is 5.52 Å². The molecular formula is C16H20N4. The Morgan fingerprint density at radius 2 is 2.00 bits per heavy atom. The van der Waals surface area contributed by atoms with Crippen molar-refractivity contribution in [3.05, 3.63) is 24.5 Å². The highest BCUT2D eigenvalue weighted by molar-refractivity contribution is 5.91. The molecular weight excluding hydrogens is 248 g/mol. The van der Waals surface area contributed by atoms with Gasteiger partial charge in [-0.1, -0.05) is 6.42 Å². The molecule has 0 amide bonds. The minimum atomic E-state index is 0.680. The minimum absolute atomic E-state index is 0.680. The van der Waals surface area contributed by atoms with Crippen molar-refractivity contribution in [2.45, 2.75) is 38.1 Å². The summed E-state index contributed by atoms with van der Waals surface area (Å²) in [6, 6.07) is 6.64. The van der Waals surface area contributed by atoms with E-state index in [0.717, 1.165) is 34.9 Å². The van der Waals surface area contributed by atoms with Crippen LogP contribution in [0.15, 0.2) is 24.5 Å². The Labute approximate surface area is 119 Å². The maximum atomic E-state index is 5.86. The maximum absolute atomic E-state index is 5.86. The molecule has 2 atom stereocenters. The molecule has 20 heavy (non-hydrogen) atoms. The molecule has 1 aliphatic heterocycles. The minimum Gasteiger partial charge on any atom is -0.399 e. The lowest BCUT2D eigenvalue weighted by atomic mass is 9.92. The van der Waals surface area contributed by atoms with Crippen LogP contribution in [0.3, 0.4) is 0 Å². The number of nitrogen functional groups attached to an aromatic ring is 1. The third kappa shape index (κ3) is 1.82. The summed E-state index contributed by atoms with van der Waals surface area (Å²) in [5.74, 6) is 1.97. The van der Waals surface area contributed by atoms with E-state index in [1.807, 2.05) is 12.1 Å². The zero-order valence-corrected chi connectivity index (χ0v) is 11.6. The van der Waals surface area contributed by atoms with Crippen LogP contribution in [0.25, 0.3) is 10.9 Å². The quantitative estimate of drug-likeness (QED) is 0.808. The van der Waals surface area contributed by atoms with E-state index in [9.17, 15) is 0 Å². The number of hydrogen-bond donors (Lipinski definition) is 1. The Balaban J connectivity index is 1.81. The van der Waals surface area contributed by atoms with Crippen molar-refractivity contribution >= 4 is 22.4 Å². The number of nitrogens with zero attached hydrogens (tertiary/aromatic N) is 3. The molecule has 0 bridgehead atoms. The van der Waals surface area contributed by atoms with Crippen LogP contribution in [-0.2, 0) is 0 Å². The van der Waals surface area contributed by atoms with Gasteiger partial charge in [0.25, 0.3) is 0 Å². The Morgan fingerprint density at radius 3 is 2.95 bits per heavy atom. The first-order valence-electron chi connectivity index (χ1n) is 7.60. The zero-order valence-electron chi connectivity index (χ0n) is 11.6. The molecule has 2 aromatic rings. The zero-order chi connectivity index (χ0) is 13.5. The monoisotopic (exact) mass is 268 g/mol. The number of anilines is 2. The van der Waals surface area contributed by atoms with Crippen molar-refractivity contribution in [1.29, 1.82) is 0 Å². The standard InChI is InChI=1S/C16H20N4/c17-12-6-7-13-14(9-12)18-10-19-16(13)20-8-2-4-11-3-1-5-15(11)20/h6-7,9-11,15H,1-5,8,17H2. The van der Waals surface area contributed by atoms with Crippen molar-refractivity contribution in [1.82, 2.24) is 9.97 Å². The third-order valence-electron chi connectivity index (χ3n) is 4.90. The molecule has 2 unspecified atom stereocenters. The van der Waals surface area contributed by atoms with E-state index in [-0.39, 0.29) is 0 Å². The summed E-state index contributed by atoms with van der Waals surface area (Å²) in [6.45, 7) is 1.12. The van der Waals surface area contributed by atoms with Gasteiger partial charge in [-0.25, -0.2) is 9.97 Å². The van der Waals surface area contributed by atoms with Gasteiger partial charge in [0, 0.05) is 23.7 Å². The number of aromatic nitrogens is 2. The first-order valence-corrected chi connectivity index (χ1v) is 7.60. The van der Waals surface area contributed by atoms with Gasteiger partial charge >= 0.3 is 0 Å². The second-order valence-electron chi connectivity index (χ2n) is 6.07. The summed E-state index contributed by atoms with van der Waals surface area (Å²) >= 11 is 0. The van der Waals surface area contributed by atoms with Gasteiger partial charge in [-0.15, -0.1) is 0 Å². The van der Waals surface area contributed by atoms with Gasteiger partial charge in [0.2, 0.25) is 0 Å². The van der Waals surface area contributed by atoms with Crippen molar-refractivity contribution in [2.24, 2.45) is 5.92 Å². The van der Waals surface area contributed by atoms with E-state index in [2.05, 4.69) is 20.9 Å². The lowest BCUT2D eigenvalue weighted by Gasteiger charge is -2.39. The van der Waals surface area contributed by atoms with Gasteiger partial charge in [0.15, 0.2) is 0 Å². The van der Waals surface area contributed by atoms with Gasteiger partial charge in [-0.05, 0) is 49.8 Å². The average molecular weight is 268 g/mol. The van der Waals surface area contributed by atoms with E-state index in [0.29, 0.717) is 6.04 Å². The second-order valence-corrected chi connectivity index (χ2v) is 6.07. The Morgan fingerprint density at radius 1 is 1.10 bits per heavy atom. The van der Waals surface area contributed by atoms with E-state index >= 15 is 0 Å². The fourth-order valence-electron chi connectivity index (χ4n) is 4.01. The molecule has 4 rings (SSSR count). The largest absolute Gasteiger partial charge is 0.399 e. The molecule has 2 heterocycles. The molecule has 4 nitrogen and oxygen atoms in total. The van der Waals surface area contributed by atoms with Crippen LogP contribution in [0.5, 0.6) is 0 Å². The number of rotatable bonds is 1. The fourth-order valence-corrected chi connectivity index (χ4v) is 4.01. The van der Waals surface area contributed by atoms with Crippen LogP contribution in [0.1, 0.15) is 32.1 Å². The predicted molar refractivity (Wildman–Crippen MR) is 81.7 cm³/mol. The number of benzene rings is 1. The number of piperidine rings is 1. The molecule has 2 aliphatic rings. The number of fused-ring (bicyclic) bond motifs is 2. The second kappa shape index (κ2) is 4.62. The van der Waals surface area contributed by atoms with E-state index in [1.165, 1.54) is 32.1 Å². The van der Waals surface area contributed by atoms with E-state index < -0.39 is 0 Å². The molecule has 2 fully saturated rings. The summed E-state index contributed by atoms with van der Waals surface area (Å²) in [6.07, 6.45) is 8.40. The molecule has 104 valence electrons. The Bertz CT molecular complexity index is 639. The molecule has 1 aromatic heterocycles. The average Bonchev–Trinajstić information content (AvgIpc) is 2.94. The molecule has 1 saturated carbocycles. The van der Waals surface area contributed by atoms with Crippen molar-refractivity contribution in [3.8, 4) is 0 Å². The summed E-state index contributed by atoms with van der Waals surface area (Å²) < 4.78 is 0. The molecule has 0 spiro atoms. The lowest BCUT2D eigenvalue weighted by Crippen LogP contribution is -2.43. The molecule has 1 aromatic carbocycles. The van der Waals surface area contributed by atoms with Crippen LogP contribution in [0, 0.1) is 5.92 Å². The maximum Gasteiger partial charge on any atom is 0.140 e. The van der Waals surface area contributed by atoms with Crippen LogP contribution >= 0.6 is 0 Å². The molecule has 2 N–H and O–H groups in total. The van der Waals surface area contributed by atoms with Crippen molar-refractivity contribution in [2.75, 3.05) is 17.2 Å².